The molecule has 0 unspecified atom stereocenters. The van der Waals surface area contributed by atoms with Crippen LogP contribution in [-0.2, 0) is 19.5 Å². The van der Waals surface area contributed by atoms with E-state index in [1.807, 2.05) is 16.7 Å². The molecule has 0 N–H and O–H groups in total. The summed E-state index contributed by atoms with van der Waals surface area (Å²) in [6.45, 7) is 7.10. The van der Waals surface area contributed by atoms with E-state index in [-0.39, 0.29) is 5.56 Å². The van der Waals surface area contributed by atoms with Crippen LogP contribution in [0.3, 0.4) is 0 Å². The maximum atomic E-state index is 14.0. The van der Waals surface area contributed by atoms with Crippen LogP contribution in [0.4, 0.5) is 0 Å². The lowest BCUT2D eigenvalue weighted by Gasteiger charge is -2.26. The Labute approximate surface area is 216 Å². The summed E-state index contributed by atoms with van der Waals surface area (Å²) in [6.07, 6.45) is 5.76. The Morgan fingerprint density at radius 3 is 2.60 bits per heavy atom. The van der Waals surface area contributed by atoms with Crippen molar-refractivity contribution in [3.63, 3.8) is 0 Å². The van der Waals surface area contributed by atoms with Crippen molar-refractivity contribution < 1.29 is 0 Å². The molecule has 0 fully saturated rings. The van der Waals surface area contributed by atoms with Crippen LogP contribution in [0.2, 0.25) is 0 Å². The first-order chi connectivity index (χ1) is 17.1. The normalized spacial score (nSPS) is 13.9. The van der Waals surface area contributed by atoms with Gasteiger partial charge in [0.1, 0.15) is 4.83 Å². The number of benzene rings is 2. The number of nitrogens with zero attached hydrogens (tertiary/aromatic N) is 3. The zero-order valence-electron chi connectivity index (χ0n) is 20.6. The average Bonchev–Trinajstić information content (AvgIpc) is 3.23. The van der Waals surface area contributed by atoms with E-state index in [2.05, 4.69) is 61.2 Å². The van der Waals surface area contributed by atoms with E-state index < -0.39 is 0 Å². The number of rotatable bonds is 9. The largest absolute Gasteiger partial charge is 0.294 e. The third-order valence-corrected chi connectivity index (χ3v) is 8.83. The van der Waals surface area contributed by atoms with Crippen LogP contribution in [0.15, 0.2) is 64.5 Å². The fourth-order valence-corrected chi connectivity index (χ4v) is 7.08. The van der Waals surface area contributed by atoms with E-state index in [1.54, 1.807) is 23.1 Å². The van der Waals surface area contributed by atoms with Gasteiger partial charge in [0.2, 0.25) is 0 Å². The van der Waals surface area contributed by atoms with Gasteiger partial charge < -0.3 is 0 Å². The third-order valence-electron chi connectivity index (χ3n) is 6.69. The molecule has 1 aliphatic heterocycles. The molecule has 5 rings (SSSR count). The van der Waals surface area contributed by atoms with Crippen molar-refractivity contribution >= 4 is 33.3 Å². The van der Waals surface area contributed by atoms with Gasteiger partial charge in [0, 0.05) is 30.3 Å². The van der Waals surface area contributed by atoms with Crippen LogP contribution >= 0.6 is 23.1 Å². The summed E-state index contributed by atoms with van der Waals surface area (Å²) in [4.78, 5) is 23.8. The quantitative estimate of drug-likeness (QED) is 0.140. The SMILES string of the molecule is CCCCCCSc1nc2sc3c(c2c(=O)n1-c1ccc(C)cc1)CCN(Cc1ccccc1)C3. The minimum Gasteiger partial charge on any atom is -0.294 e. The first-order valence-electron chi connectivity index (χ1n) is 12.7. The van der Waals surface area contributed by atoms with Crippen LogP contribution in [0.1, 0.15) is 54.2 Å². The molecule has 0 spiro atoms. The van der Waals surface area contributed by atoms with Crippen molar-refractivity contribution in [2.45, 2.75) is 64.2 Å². The summed E-state index contributed by atoms with van der Waals surface area (Å²) in [5.74, 6) is 0.986. The minimum absolute atomic E-state index is 0.0870. The Morgan fingerprint density at radius 1 is 1.03 bits per heavy atom. The summed E-state index contributed by atoms with van der Waals surface area (Å²) in [7, 11) is 0. The van der Waals surface area contributed by atoms with Gasteiger partial charge in [-0.3, -0.25) is 14.3 Å². The Morgan fingerprint density at radius 2 is 1.83 bits per heavy atom. The van der Waals surface area contributed by atoms with E-state index in [4.69, 9.17) is 4.98 Å². The van der Waals surface area contributed by atoms with Gasteiger partial charge in [0.25, 0.3) is 5.56 Å². The fourth-order valence-electron chi connectivity index (χ4n) is 4.76. The van der Waals surface area contributed by atoms with Gasteiger partial charge in [-0.05, 0) is 43.0 Å². The molecule has 4 aromatic rings. The number of hydrogen-bond donors (Lipinski definition) is 0. The minimum atomic E-state index is 0.0870. The molecule has 35 heavy (non-hydrogen) atoms. The molecule has 0 saturated heterocycles. The van der Waals surface area contributed by atoms with Gasteiger partial charge >= 0.3 is 0 Å². The highest BCUT2D eigenvalue weighted by atomic mass is 32.2. The molecular weight excluding hydrogens is 470 g/mol. The summed E-state index contributed by atoms with van der Waals surface area (Å²) >= 11 is 3.44. The predicted molar refractivity (Wildman–Crippen MR) is 149 cm³/mol. The number of aryl methyl sites for hydroxylation is 1. The van der Waals surface area contributed by atoms with Gasteiger partial charge in [0.05, 0.1) is 11.1 Å². The van der Waals surface area contributed by atoms with Crippen molar-refractivity contribution in [1.82, 2.24) is 14.5 Å². The molecule has 0 bridgehead atoms. The molecule has 2 aromatic heterocycles. The van der Waals surface area contributed by atoms with E-state index in [0.29, 0.717) is 0 Å². The lowest BCUT2D eigenvalue weighted by molar-refractivity contribution is 0.249. The summed E-state index contributed by atoms with van der Waals surface area (Å²) < 4.78 is 1.86. The van der Waals surface area contributed by atoms with Crippen molar-refractivity contribution in [3.8, 4) is 5.69 Å². The Balaban J connectivity index is 1.50. The van der Waals surface area contributed by atoms with E-state index >= 15 is 0 Å². The standard InChI is InChI=1S/C29H33N3OS2/c1-3-4-5-9-18-34-29-30-27-26(28(33)32(29)23-14-12-21(2)13-15-23)24-16-17-31(20-25(24)35-27)19-22-10-7-6-8-11-22/h6-8,10-15H,3-5,9,16-20H2,1-2H3. The summed E-state index contributed by atoms with van der Waals surface area (Å²) in [6, 6.07) is 18.9. The van der Waals surface area contributed by atoms with Gasteiger partial charge in [-0.15, -0.1) is 11.3 Å². The van der Waals surface area contributed by atoms with Gasteiger partial charge in [-0.2, -0.15) is 0 Å². The number of unbranched alkanes of at least 4 members (excludes halogenated alkanes) is 3. The highest BCUT2D eigenvalue weighted by Gasteiger charge is 2.25. The number of hydrogen-bond acceptors (Lipinski definition) is 5. The molecule has 0 amide bonds. The first-order valence-corrected chi connectivity index (χ1v) is 14.5. The van der Waals surface area contributed by atoms with Crippen LogP contribution in [0, 0.1) is 6.92 Å². The molecular formula is C29H33N3OS2. The smallest absolute Gasteiger partial charge is 0.267 e. The highest BCUT2D eigenvalue weighted by molar-refractivity contribution is 7.99. The molecule has 0 atom stereocenters. The van der Waals surface area contributed by atoms with Gasteiger partial charge in [0.15, 0.2) is 5.16 Å². The molecule has 2 aromatic carbocycles. The first kappa shape index (κ1) is 24.3. The Hall–Kier alpha value is -2.41. The molecule has 0 saturated carbocycles. The third kappa shape index (κ3) is 5.40. The second-order valence-corrected chi connectivity index (χ2v) is 11.6. The molecule has 6 heteroatoms. The Kier molecular flexibility index (Phi) is 7.71. The Bertz CT molecular complexity index is 1340. The number of thiophene rings is 1. The number of aromatic nitrogens is 2. The summed E-state index contributed by atoms with van der Waals surface area (Å²) in [5, 5.41) is 1.66. The maximum absolute atomic E-state index is 14.0. The van der Waals surface area contributed by atoms with Crippen molar-refractivity contribution in [1.29, 1.82) is 0 Å². The predicted octanol–water partition coefficient (Wildman–Crippen LogP) is 6.99. The second-order valence-electron chi connectivity index (χ2n) is 9.41. The van der Waals surface area contributed by atoms with Crippen molar-refractivity contribution in [3.05, 3.63) is 86.5 Å². The van der Waals surface area contributed by atoms with E-state index in [0.717, 1.165) is 59.3 Å². The van der Waals surface area contributed by atoms with Gasteiger partial charge in [-0.25, -0.2) is 4.98 Å². The number of fused-ring (bicyclic) bond motifs is 3. The molecule has 3 heterocycles. The van der Waals surface area contributed by atoms with Crippen LogP contribution in [0.25, 0.3) is 15.9 Å². The fraction of sp³-hybridized carbons (Fsp3) is 0.379. The molecule has 4 nitrogen and oxygen atoms in total. The lowest BCUT2D eigenvalue weighted by Crippen LogP contribution is -2.30. The maximum Gasteiger partial charge on any atom is 0.267 e. The molecule has 0 radical (unpaired) electrons. The highest BCUT2D eigenvalue weighted by Crippen LogP contribution is 2.35. The summed E-state index contributed by atoms with van der Waals surface area (Å²) in [5.41, 5.74) is 4.73. The van der Waals surface area contributed by atoms with Crippen LogP contribution in [0.5, 0.6) is 0 Å². The lowest BCUT2D eigenvalue weighted by atomic mass is 10.0. The molecule has 0 aliphatic carbocycles. The zero-order valence-corrected chi connectivity index (χ0v) is 22.3. The number of thioether (sulfide) groups is 1. The average molecular weight is 504 g/mol. The van der Waals surface area contributed by atoms with Crippen molar-refractivity contribution in [2.24, 2.45) is 0 Å². The topological polar surface area (TPSA) is 38.1 Å². The zero-order chi connectivity index (χ0) is 24.2. The van der Waals surface area contributed by atoms with E-state index in [1.165, 1.54) is 40.8 Å². The van der Waals surface area contributed by atoms with E-state index in [9.17, 15) is 4.79 Å². The molecule has 1 aliphatic rings. The van der Waals surface area contributed by atoms with Crippen LogP contribution < -0.4 is 5.56 Å². The second kappa shape index (κ2) is 11.1. The van der Waals surface area contributed by atoms with Crippen molar-refractivity contribution in [2.75, 3.05) is 12.3 Å². The monoisotopic (exact) mass is 503 g/mol. The van der Waals surface area contributed by atoms with Crippen LogP contribution in [-0.4, -0.2) is 26.7 Å². The molecule has 182 valence electrons. The van der Waals surface area contributed by atoms with Gasteiger partial charge in [-0.1, -0.05) is 86.0 Å².